The van der Waals surface area contributed by atoms with Gasteiger partial charge in [-0.15, -0.1) is 13.2 Å². The molecule has 1 aliphatic heterocycles. The number of methoxy groups -OCH3 is 1. The number of hydrogen-bond donors (Lipinski definition) is 2. The quantitative estimate of drug-likeness (QED) is 0.178. The lowest BCUT2D eigenvalue weighted by Gasteiger charge is -2.35. The van der Waals surface area contributed by atoms with Crippen LogP contribution >= 0.6 is 0 Å². The summed E-state index contributed by atoms with van der Waals surface area (Å²) < 4.78 is 80.3. The van der Waals surface area contributed by atoms with E-state index in [1.165, 1.54) is 29.2 Å². The number of aromatic nitrogens is 2. The van der Waals surface area contributed by atoms with E-state index in [9.17, 15) is 26.4 Å². The van der Waals surface area contributed by atoms with Gasteiger partial charge in [0.05, 0.1) is 23.2 Å². The maximum atomic E-state index is 13.8. The number of nitrogens with one attached hydrogen (secondary N) is 1. The minimum atomic E-state index is -5.18. The van der Waals surface area contributed by atoms with Gasteiger partial charge in [0.25, 0.3) is 15.9 Å². The number of hydrogen-bond acceptors (Lipinski definition) is 9. The Balaban J connectivity index is 1.22. The van der Waals surface area contributed by atoms with Crippen molar-refractivity contribution in [3.8, 4) is 22.6 Å². The summed E-state index contributed by atoms with van der Waals surface area (Å²) >= 11 is 0. The van der Waals surface area contributed by atoms with Crippen molar-refractivity contribution >= 4 is 38.2 Å². The lowest BCUT2D eigenvalue weighted by Crippen LogP contribution is -2.49. The predicted octanol–water partition coefficient (Wildman–Crippen LogP) is 5.59. The van der Waals surface area contributed by atoms with Crippen LogP contribution in [0.25, 0.3) is 22.0 Å². The molecule has 3 N–H and O–H groups in total. The summed E-state index contributed by atoms with van der Waals surface area (Å²) in [7, 11) is -2.94. The molecule has 0 radical (unpaired) electrons. The number of fused-ring (bicyclic) bond motifs is 1. The fourth-order valence-corrected chi connectivity index (χ4v) is 7.17. The van der Waals surface area contributed by atoms with Crippen LogP contribution in [0.1, 0.15) is 15.9 Å². The fraction of sp³-hybridized carbons (Fsp3) is 0.229. The zero-order chi connectivity index (χ0) is 35.5. The van der Waals surface area contributed by atoms with E-state index < -0.39 is 33.7 Å². The molecule has 0 spiro atoms. The van der Waals surface area contributed by atoms with E-state index in [0.29, 0.717) is 50.2 Å². The number of rotatable bonds is 10. The van der Waals surface area contributed by atoms with Crippen molar-refractivity contribution in [2.24, 2.45) is 0 Å². The number of piperazine rings is 1. The molecule has 6 rings (SSSR count). The molecule has 0 unspecified atom stereocenters. The van der Waals surface area contributed by atoms with Gasteiger partial charge in [0.2, 0.25) is 0 Å². The number of nitrogens with zero attached hydrogens (tertiary/aromatic N) is 4. The number of benzene rings is 3. The smallest absolute Gasteiger partial charge is 0.496 e. The van der Waals surface area contributed by atoms with Crippen molar-refractivity contribution in [1.29, 1.82) is 0 Å². The number of carbonyl (C=O) groups is 1. The maximum Gasteiger partial charge on any atom is 0.573 e. The second kappa shape index (κ2) is 14.2. The standard InChI is InChI=1S/C35H33F3N6O5S/c1-48-30-11-14-40-22-25(30)12-15-43-16-18-44(19-17-43)34(45)24-7-9-29(31(20-24)49-35(36,37)38)42-50(46,47)32-10-8-26(39)21-28(32)27-6-2-4-23-5-3-13-41-33(23)27/h2-11,13-14,20-22,42H,12,15-19,39H2,1H3. The van der Waals surface area contributed by atoms with Crippen molar-refractivity contribution in [2.45, 2.75) is 17.7 Å². The van der Waals surface area contributed by atoms with Gasteiger partial charge < -0.3 is 20.1 Å². The maximum absolute atomic E-state index is 13.8. The summed E-state index contributed by atoms with van der Waals surface area (Å²) in [6.07, 6.45) is 0.485. The highest BCUT2D eigenvalue weighted by molar-refractivity contribution is 7.92. The number of anilines is 2. The number of amides is 1. The number of para-hydroxylation sites is 1. The summed E-state index contributed by atoms with van der Waals surface area (Å²) in [5.74, 6) is -0.642. The summed E-state index contributed by atoms with van der Waals surface area (Å²) in [5.41, 5.74) is 7.84. The van der Waals surface area contributed by atoms with Crippen molar-refractivity contribution in [3.05, 3.63) is 103 Å². The zero-order valence-corrected chi connectivity index (χ0v) is 27.7. The molecule has 0 atom stereocenters. The molecule has 11 nitrogen and oxygen atoms in total. The van der Waals surface area contributed by atoms with E-state index in [2.05, 4.69) is 24.3 Å². The number of pyridine rings is 2. The van der Waals surface area contributed by atoms with Gasteiger partial charge in [-0.3, -0.25) is 24.4 Å². The largest absolute Gasteiger partial charge is 0.573 e. The molecule has 260 valence electrons. The first-order chi connectivity index (χ1) is 23.9. The zero-order valence-electron chi connectivity index (χ0n) is 26.9. The Morgan fingerprint density at radius 2 is 1.72 bits per heavy atom. The van der Waals surface area contributed by atoms with Crippen LogP contribution in [0.5, 0.6) is 11.5 Å². The van der Waals surface area contributed by atoms with Gasteiger partial charge in [0.1, 0.15) is 5.75 Å². The highest BCUT2D eigenvalue weighted by Crippen LogP contribution is 2.37. The summed E-state index contributed by atoms with van der Waals surface area (Å²) in [6, 6.07) is 17.9. The minimum absolute atomic E-state index is 0.0873. The molecule has 3 heterocycles. The van der Waals surface area contributed by atoms with Gasteiger partial charge in [-0.1, -0.05) is 24.3 Å². The number of carbonyl (C=O) groups excluding carboxylic acids is 1. The summed E-state index contributed by atoms with van der Waals surface area (Å²) in [6.45, 7) is 2.49. The van der Waals surface area contributed by atoms with Gasteiger partial charge in [0.15, 0.2) is 5.75 Å². The molecule has 3 aromatic carbocycles. The Kier molecular flexibility index (Phi) is 9.79. The Bertz CT molecular complexity index is 2130. The van der Waals surface area contributed by atoms with Crippen molar-refractivity contribution in [3.63, 3.8) is 0 Å². The van der Waals surface area contributed by atoms with E-state index >= 15 is 0 Å². The number of sulfonamides is 1. The van der Waals surface area contributed by atoms with Crippen LogP contribution in [-0.4, -0.2) is 80.3 Å². The van der Waals surface area contributed by atoms with Gasteiger partial charge in [-0.25, -0.2) is 8.42 Å². The summed E-state index contributed by atoms with van der Waals surface area (Å²) in [5, 5.41) is 0.747. The number of alkyl halides is 3. The fourth-order valence-electron chi connectivity index (χ4n) is 5.90. The van der Waals surface area contributed by atoms with E-state index in [1.807, 2.05) is 12.1 Å². The van der Waals surface area contributed by atoms with Gasteiger partial charge in [0, 0.05) is 84.6 Å². The topological polar surface area (TPSA) is 140 Å². The first-order valence-corrected chi connectivity index (χ1v) is 17.0. The van der Waals surface area contributed by atoms with Crippen molar-refractivity contribution < 1.29 is 35.9 Å². The highest BCUT2D eigenvalue weighted by atomic mass is 32.2. The summed E-state index contributed by atoms with van der Waals surface area (Å²) in [4.78, 5) is 25.4. The van der Waals surface area contributed by atoms with Crippen LogP contribution in [0.3, 0.4) is 0 Å². The average molecular weight is 707 g/mol. The first kappa shape index (κ1) is 34.5. The Morgan fingerprint density at radius 1 is 0.940 bits per heavy atom. The number of nitrogens with two attached hydrogens (primary N) is 1. The lowest BCUT2D eigenvalue weighted by molar-refractivity contribution is -0.274. The third kappa shape index (κ3) is 7.74. The first-order valence-electron chi connectivity index (χ1n) is 15.6. The van der Waals surface area contributed by atoms with Crippen LogP contribution < -0.4 is 19.9 Å². The van der Waals surface area contributed by atoms with Crippen molar-refractivity contribution in [1.82, 2.24) is 19.8 Å². The lowest BCUT2D eigenvalue weighted by atomic mass is 10.0. The highest BCUT2D eigenvalue weighted by Gasteiger charge is 2.34. The second-order valence-corrected chi connectivity index (χ2v) is 13.2. The number of halogens is 3. The molecular formula is C35H33F3N6O5S. The third-order valence-corrected chi connectivity index (χ3v) is 9.77. The monoisotopic (exact) mass is 706 g/mol. The Labute approximate surface area is 286 Å². The van der Waals surface area contributed by atoms with Gasteiger partial charge >= 0.3 is 6.36 Å². The second-order valence-electron chi connectivity index (χ2n) is 11.6. The van der Waals surface area contributed by atoms with E-state index in [4.69, 9.17) is 10.5 Å². The van der Waals surface area contributed by atoms with Crippen LogP contribution in [0.15, 0.2) is 96.3 Å². The number of nitrogen functional groups attached to an aromatic ring is 1. The molecular weight excluding hydrogens is 673 g/mol. The molecule has 15 heteroatoms. The Hall–Kier alpha value is -5.41. The van der Waals surface area contributed by atoms with Crippen LogP contribution in [-0.2, 0) is 16.4 Å². The molecule has 1 aliphatic rings. The molecule has 0 bridgehead atoms. The molecule has 0 saturated carbocycles. The van der Waals surface area contributed by atoms with E-state index in [1.54, 1.807) is 50.0 Å². The van der Waals surface area contributed by atoms with Gasteiger partial charge in [-0.2, -0.15) is 0 Å². The van der Waals surface area contributed by atoms with Gasteiger partial charge in [-0.05, 0) is 55.0 Å². The molecule has 1 fully saturated rings. The Morgan fingerprint density at radius 3 is 2.48 bits per heavy atom. The molecule has 50 heavy (non-hydrogen) atoms. The SMILES string of the molecule is COc1ccncc1CCN1CCN(C(=O)c2ccc(NS(=O)(=O)c3ccc(N)cc3-c3cccc4cccnc34)c(OC(F)(F)F)c2)CC1. The van der Waals surface area contributed by atoms with Crippen LogP contribution in [0.2, 0.25) is 0 Å². The van der Waals surface area contributed by atoms with Crippen LogP contribution in [0, 0.1) is 0 Å². The predicted molar refractivity (Wildman–Crippen MR) is 182 cm³/mol. The van der Waals surface area contributed by atoms with Crippen LogP contribution in [0.4, 0.5) is 24.5 Å². The molecule has 0 aliphatic carbocycles. The average Bonchev–Trinajstić information content (AvgIpc) is 3.10. The van der Waals surface area contributed by atoms with E-state index in [-0.39, 0.29) is 21.7 Å². The number of ether oxygens (including phenoxy) is 2. The van der Waals surface area contributed by atoms with Crippen molar-refractivity contribution in [2.75, 3.05) is 50.3 Å². The normalized spacial score (nSPS) is 14.0. The molecule has 5 aromatic rings. The molecule has 1 saturated heterocycles. The minimum Gasteiger partial charge on any atom is -0.496 e. The molecule has 2 aromatic heterocycles. The molecule has 1 amide bonds. The van der Waals surface area contributed by atoms with E-state index in [0.717, 1.165) is 28.8 Å². The third-order valence-electron chi connectivity index (χ3n) is 8.35.